The van der Waals surface area contributed by atoms with E-state index in [0.29, 0.717) is 25.5 Å². The van der Waals surface area contributed by atoms with E-state index in [1.54, 1.807) is 21.8 Å². The van der Waals surface area contributed by atoms with E-state index in [4.69, 9.17) is 10.5 Å². The van der Waals surface area contributed by atoms with Crippen molar-refractivity contribution < 1.29 is 9.53 Å². The number of aryl methyl sites for hydroxylation is 1. The number of anilines is 2. The van der Waals surface area contributed by atoms with Crippen LogP contribution in [0.4, 0.5) is 11.5 Å². The molecule has 9 nitrogen and oxygen atoms in total. The Kier molecular flexibility index (Phi) is 5.01. The molecule has 1 aromatic carbocycles. The van der Waals surface area contributed by atoms with Crippen molar-refractivity contribution in [2.45, 2.75) is 12.5 Å². The van der Waals surface area contributed by atoms with E-state index in [1.165, 1.54) is 0 Å². The number of benzene rings is 1. The van der Waals surface area contributed by atoms with Gasteiger partial charge in [-0.05, 0) is 24.1 Å². The molecule has 3 aromatic rings. The van der Waals surface area contributed by atoms with Crippen molar-refractivity contribution >= 4 is 17.4 Å². The predicted octanol–water partition coefficient (Wildman–Crippen LogP) is 2.23. The number of carbonyl (C=O) groups is 1. The Labute approximate surface area is 167 Å². The summed E-state index contributed by atoms with van der Waals surface area (Å²) in [5.74, 6) is -0.458. The van der Waals surface area contributed by atoms with Crippen LogP contribution < -0.4 is 11.1 Å². The van der Waals surface area contributed by atoms with Gasteiger partial charge in [0, 0.05) is 37.3 Å². The second-order valence-corrected chi connectivity index (χ2v) is 7.01. The summed E-state index contributed by atoms with van der Waals surface area (Å²) in [6.45, 7) is 0.921. The summed E-state index contributed by atoms with van der Waals surface area (Å²) in [5.41, 5.74) is 8.62. The van der Waals surface area contributed by atoms with E-state index in [1.807, 2.05) is 37.5 Å². The fraction of sp³-hybridized carbons (Fsp3) is 0.300. The Morgan fingerprint density at radius 3 is 2.76 bits per heavy atom. The largest absolute Gasteiger partial charge is 0.379 e. The zero-order chi connectivity index (χ0) is 20.4. The molecule has 0 spiro atoms. The lowest BCUT2D eigenvalue weighted by Crippen LogP contribution is -2.29. The van der Waals surface area contributed by atoms with Crippen molar-refractivity contribution in [2.24, 2.45) is 18.7 Å². The number of primary amides is 1. The number of nitrogens with two attached hydrogens (primary N) is 1. The standard InChI is InChI=1S/C20H21N7O2/c1-26-10-15(9-23-26)13-2-4-16(5-3-13)24-20-17(19(22)28)11-27(25-20)18-12-29-7-6-14(18)8-21/h2-5,9-11,14,18H,6-7,12H2,1H3,(H2,22,28)(H,24,25)/t14-,18+/m1/s1. The fourth-order valence-corrected chi connectivity index (χ4v) is 3.42. The second kappa shape index (κ2) is 7.77. The quantitative estimate of drug-likeness (QED) is 0.687. The van der Waals surface area contributed by atoms with E-state index in [9.17, 15) is 10.1 Å². The first-order valence-electron chi connectivity index (χ1n) is 9.27. The Morgan fingerprint density at radius 2 is 2.10 bits per heavy atom. The zero-order valence-electron chi connectivity index (χ0n) is 15.9. The van der Waals surface area contributed by atoms with Crippen LogP contribution in [0.1, 0.15) is 22.8 Å². The van der Waals surface area contributed by atoms with E-state index in [-0.39, 0.29) is 17.5 Å². The van der Waals surface area contributed by atoms with E-state index >= 15 is 0 Å². The molecule has 3 heterocycles. The molecular weight excluding hydrogens is 370 g/mol. The summed E-state index contributed by atoms with van der Waals surface area (Å²) < 4.78 is 8.86. The van der Waals surface area contributed by atoms with E-state index < -0.39 is 5.91 Å². The average molecular weight is 391 g/mol. The molecule has 0 aliphatic carbocycles. The second-order valence-electron chi connectivity index (χ2n) is 7.01. The first-order valence-corrected chi connectivity index (χ1v) is 9.27. The van der Waals surface area contributed by atoms with Gasteiger partial charge in [0.05, 0.1) is 30.8 Å². The minimum atomic E-state index is -0.587. The predicted molar refractivity (Wildman–Crippen MR) is 106 cm³/mol. The maximum atomic E-state index is 11.9. The molecule has 1 fully saturated rings. The minimum absolute atomic E-state index is 0.226. The number of rotatable bonds is 5. The number of carbonyl (C=O) groups excluding carboxylic acids is 1. The average Bonchev–Trinajstić information content (AvgIpc) is 3.35. The molecule has 2 atom stereocenters. The first kappa shape index (κ1) is 18.7. The Morgan fingerprint density at radius 1 is 1.31 bits per heavy atom. The van der Waals surface area contributed by atoms with Gasteiger partial charge in [-0.3, -0.25) is 14.2 Å². The van der Waals surface area contributed by atoms with Gasteiger partial charge in [0.15, 0.2) is 5.82 Å². The molecule has 29 heavy (non-hydrogen) atoms. The molecule has 1 amide bonds. The van der Waals surface area contributed by atoms with Gasteiger partial charge in [-0.2, -0.15) is 15.5 Å². The topological polar surface area (TPSA) is 124 Å². The molecule has 4 rings (SSSR count). The van der Waals surface area contributed by atoms with Crippen molar-refractivity contribution in [2.75, 3.05) is 18.5 Å². The number of nitriles is 1. The van der Waals surface area contributed by atoms with Gasteiger partial charge in [-0.25, -0.2) is 0 Å². The summed E-state index contributed by atoms with van der Waals surface area (Å²) >= 11 is 0. The Bertz CT molecular complexity index is 1060. The molecule has 1 saturated heterocycles. The Balaban J connectivity index is 1.58. The number of hydrogen-bond donors (Lipinski definition) is 2. The van der Waals surface area contributed by atoms with Crippen molar-refractivity contribution in [1.82, 2.24) is 19.6 Å². The lowest BCUT2D eigenvalue weighted by Gasteiger charge is -2.26. The van der Waals surface area contributed by atoms with Gasteiger partial charge in [-0.1, -0.05) is 12.1 Å². The van der Waals surface area contributed by atoms with Gasteiger partial charge in [0.25, 0.3) is 5.91 Å². The summed E-state index contributed by atoms with van der Waals surface area (Å²) in [7, 11) is 1.87. The van der Waals surface area contributed by atoms with Crippen molar-refractivity contribution in [3.8, 4) is 17.2 Å². The highest BCUT2D eigenvalue weighted by Gasteiger charge is 2.29. The van der Waals surface area contributed by atoms with Gasteiger partial charge < -0.3 is 15.8 Å². The normalized spacial score (nSPS) is 18.9. The highest BCUT2D eigenvalue weighted by Crippen LogP contribution is 2.29. The summed E-state index contributed by atoms with van der Waals surface area (Å²) in [6, 6.07) is 9.76. The van der Waals surface area contributed by atoms with Crippen molar-refractivity contribution in [3.05, 3.63) is 48.4 Å². The number of hydrogen-bond acceptors (Lipinski definition) is 6. The number of amides is 1. The number of nitrogens with one attached hydrogen (secondary N) is 1. The molecule has 1 aliphatic heterocycles. The third kappa shape index (κ3) is 3.83. The molecule has 1 aliphatic rings. The molecule has 9 heteroatoms. The van der Waals surface area contributed by atoms with Crippen LogP contribution in [0, 0.1) is 17.2 Å². The maximum Gasteiger partial charge on any atom is 0.254 e. The van der Waals surface area contributed by atoms with Crippen molar-refractivity contribution in [1.29, 1.82) is 5.26 Å². The van der Waals surface area contributed by atoms with Crippen LogP contribution in [0.5, 0.6) is 0 Å². The highest BCUT2D eigenvalue weighted by molar-refractivity contribution is 5.98. The lowest BCUT2D eigenvalue weighted by atomic mass is 9.97. The summed E-state index contributed by atoms with van der Waals surface area (Å²) in [5, 5.41) is 21.2. The van der Waals surface area contributed by atoms with E-state index in [0.717, 1.165) is 16.8 Å². The third-order valence-electron chi connectivity index (χ3n) is 5.02. The first-order chi connectivity index (χ1) is 14.0. The number of nitrogens with zero attached hydrogens (tertiary/aromatic N) is 5. The third-order valence-corrected chi connectivity index (χ3v) is 5.02. The zero-order valence-corrected chi connectivity index (χ0v) is 15.9. The van der Waals surface area contributed by atoms with Gasteiger partial charge in [-0.15, -0.1) is 0 Å². The molecule has 0 bridgehead atoms. The monoisotopic (exact) mass is 391 g/mol. The number of aromatic nitrogens is 4. The van der Waals surface area contributed by atoms with Crippen LogP contribution in [-0.4, -0.2) is 38.7 Å². The molecule has 0 saturated carbocycles. The highest BCUT2D eigenvalue weighted by atomic mass is 16.5. The molecular formula is C20H21N7O2. The SMILES string of the molecule is Cn1cc(-c2ccc(Nc3nn([C@H]4COCC[C@@H]4C#N)cc3C(N)=O)cc2)cn1. The van der Waals surface area contributed by atoms with Gasteiger partial charge >= 0.3 is 0 Å². The van der Waals surface area contributed by atoms with Crippen LogP contribution in [0.25, 0.3) is 11.1 Å². The van der Waals surface area contributed by atoms with Gasteiger partial charge in [0.2, 0.25) is 0 Å². The number of ether oxygens (including phenoxy) is 1. The summed E-state index contributed by atoms with van der Waals surface area (Å²) in [4.78, 5) is 11.9. The van der Waals surface area contributed by atoms with Crippen molar-refractivity contribution in [3.63, 3.8) is 0 Å². The molecule has 2 aromatic heterocycles. The minimum Gasteiger partial charge on any atom is -0.379 e. The van der Waals surface area contributed by atoms with Crippen LogP contribution in [0.15, 0.2) is 42.9 Å². The molecule has 3 N–H and O–H groups in total. The lowest BCUT2D eigenvalue weighted by molar-refractivity contribution is 0.0342. The van der Waals surface area contributed by atoms with Crippen LogP contribution in [-0.2, 0) is 11.8 Å². The fourth-order valence-electron chi connectivity index (χ4n) is 3.42. The molecule has 0 unspecified atom stereocenters. The maximum absolute atomic E-state index is 11.9. The van der Waals surface area contributed by atoms with Gasteiger partial charge in [0.1, 0.15) is 5.56 Å². The van der Waals surface area contributed by atoms with Crippen LogP contribution in [0.3, 0.4) is 0 Å². The summed E-state index contributed by atoms with van der Waals surface area (Å²) in [6.07, 6.45) is 5.95. The molecule has 0 radical (unpaired) electrons. The van der Waals surface area contributed by atoms with Crippen LogP contribution in [0.2, 0.25) is 0 Å². The van der Waals surface area contributed by atoms with E-state index in [2.05, 4.69) is 21.6 Å². The Hall–Kier alpha value is -3.64. The smallest absolute Gasteiger partial charge is 0.254 e. The molecule has 148 valence electrons. The van der Waals surface area contributed by atoms with Crippen LogP contribution >= 0.6 is 0 Å².